The van der Waals surface area contributed by atoms with Crippen LogP contribution in [0.2, 0.25) is 0 Å². The van der Waals surface area contributed by atoms with E-state index in [1.807, 2.05) is 13.8 Å². The molecule has 6 heteroatoms. The third-order valence-corrected chi connectivity index (χ3v) is 4.73. The van der Waals surface area contributed by atoms with Gasteiger partial charge in [0.1, 0.15) is 16.4 Å². The Morgan fingerprint density at radius 3 is 2.44 bits per heavy atom. The fraction of sp³-hybridized carbons (Fsp3) is 0.667. The van der Waals surface area contributed by atoms with Crippen molar-refractivity contribution in [2.24, 2.45) is 11.7 Å². The standard InChI is InChI=1S/C12H22N2O3S/c1-5-8(2)7-14-18(15,16)12-10(4)17-9(3)11(12)6-13/h8,14H,5-7,13H2,1-4H3. The zero-order valence-corrected chi connectivity index (χ0v) is 12.2. The minimum Gasteiger partial charge on any atom is -0.465 e. The van der Waals surface area contributed by atoms with E-state index < -0.39 is 10.0 Å². The second-order valence-corrected chi connectivity index (χ2v) is 6.30. The summed E-state index contributed by atoms with van der Waals surface area (Å²) in [5.41, 5.74) is 6.15. The lowest BCUT2D eigenvalue weighted by Crippen LogP contribution is -2.29. The summed E-state index contributed by atoms with van der Waals surface area (Å²) in [6, 6.07) is 0. The van der Waals surface area contributed by atoms with E-state index in [0.29, 0.717) is 29.5 Å². The molecule has 1 rings (SSSR count). The summed E-state index contributed by atoms with van der Waals surface area (Å²) in [7, 11) is -3.54. The first-order valence-corrected chi connectivity index (χ1v) is 7.60. The first-order valence-electron chi connectivity index (χ1n) is 6.12. The molecule has 1 heterocycles. The number of nitrogens with two attached hydrogens (primary N) is 1. The topological polar surface area (TPSA) is 85.3 Å². The molecule has 0 radical (unpaired) electrons. The average molecular weight is 274 g/mol. The van der Waals surface area contributed by atoms with Gasteiger partial charge in [0.25, 0.3) is 0 Å². The molecule has 0 bridgehead atoms. The Balaban J connectivity index is 3.05. The number of rotatable bonds is 6. The van der Waals surface area contributed by atoms with Crippen molar-refractivity contribution in [3.8, 4) is 0 Å². The van der Waals surface area contributed by atoms with Crippen LogP contribution in [0, 0.1) is 19.8 Å². The molecule has 0 fully saturated rings. The maximum Gasteiger partial charge on any atom is 0.244 e. The van der Waals surface area contributed by atoms with Gasteiger partial charge in [-0.2, -0.15) is 0 Å². The molecule has 5 nitrogen and oxygen atoms in total. The Morgan fingerprint density at radius 1 is 1.33 bits per heavy atom. The van der Waals surface area contributed by atoms with Crippen molar-refractivity contribution in [3.63, 3.8) is 0 Å². The molecule has 1 aromatic heterocycles. The van der Waals surface area contributed by atoms with Crippen molar-refractivity contribution in [3.05, 3.63) is 17.1 Å². The van der Waals surface area contributed by atoms with Gasteiger partial charge >= 0.3 is 0 Å². The molecule has 0 saturated heterocycles. The van der Waals surface area contributed by atoms with E-state index in [9.17, 15) is 8.42 Å². The van der Waals surface area contributed by atoms with Crippen molar-refractivity contribution < 1.29 is 12.8 Å². The number of sulfonamides is 1. The van der Waals surface area contributed by atoms with E-state index in [-0.39, 0.29) is 11.4 Å². The molecular weight excluding hydrogens is 252 g/mol. The highest BCUT2D eigenvalue weighted by Gasteiger charge is 2.26. The molecular formula is C12H22N2O3S. The average Bonchev–Trinajstić information content (AvgIpc) is 2.61. The molecule has 3 N–H and O–H groups in total. The lowest BCUT2D eigenvalue weighted by Gasteiger charge is -2.11. The normalized spacial score (nSPS) is 13.8. The van der Waals surface area contributed by atoms with Gasteiger partial charge in [-0.15, -0.1) is 0 Å². The molecule has 0 amide bonds. The molecule has 0 aliphatic carbocycles. The third-order valence-electron chi connectivity index (χ3n) is 3.12. The molecule has 1 aromatic rings. The summed E-state index contributed by atoms with van der Waals surface area (Å²) >= 11 is 0. The lowest BCUT2D eigenvalue weighted by atomic mass is 10.1. The Labute approximate surface area is 109 Å². The van der Waals surface area contributed by atoms with E-state index in [4.69, 9.17) is 10.2 Å². The van der Waals surface area contributed by atoms with Gasteiger partial charge in [-0.1, -0.05) is 20.3 Å². The summed E-state index contributed by atoms with van der Waals surface area (Å²) < 4.78 is 32.4. The van der Waals surface area contributed by atoms with Gasteiger partial charge in [0, 0.05) is 18.7 Å². The Hall–Kier alpha value is -0.850. The van der Waals surface area contributed by atoms with Gasteiger partial charge in [0.05, 0.1) is 0 Å². The minimum absolute atomic E-state index is 0.156. The van der Waals surface area contributed by atoms with E-state index in [1.54, 1.807) is 13.8 Å². The van der Waals surface area contributed by atoms with Crippen LogP contribution >= 0.6 is 0 Å². The predicted octanol–water partition coefficient (Wildman–Crippen LogP) is 1.68. The molecule has 18 heavy (non-hydrogen) atoms. The van der Waals surface area contributed by atoms with Crippen LogP contribution in [0.25, 0.3) is 0 Å². The van der Waals surface area contributed by atoms with Crippen LogP contribution in [-0.4, -0.2) is 15.0 Å². The molecule has 104 valence electrons. The van der Waals surface area contributed by atoms with Crippen molar-refractivity contribution >= 4 is 10.0 Å². The maximum absolute atomic E-state index is 12.2. The number of aryl methyl sites for hydroxylation is 2. The van der Waals surface area contributed by atoms with Crippen molar-refractivity contribution in [2.45, 2.75) is 45.6 Å². The van der Waals surface area contributed by atoms with Gasteiger partial charge in [0.2, 0.25) is 10.0 Å². The van der Waals surface area contributed by atoms with Crippen LogP contribution in [0.4, 0.5) is 0 Å². The number of hydrogen-bond donors (Lipinski definition) is 2. The summed E-state index contributed by atoms with van der Waals surface area (Å²) in [4.78, 5) is 0.200. The highest BCUT2D eigenvalue weighted by molar-refractivity contribution is 7.89. The highest BCUT2D eigenvalue weighted by atomic mass is 32.2. The van der Waals surface area contributed by atoms with Crippen LogP contribution < -0.4 is 10.5 Å². The highest BCUT2D eigenvalue weighted by Crippen LogP contribution is 2.26. The summed E-state index contributed by atoms with van der Waals surface area (Å²) in [6.07, 6.45) is 0.926. The SMILES string of the molecule is CCC(C)CNS(=O)(=O)c1c(C)oc(C)c1CN. The van der Waals surface area contributed by atoms with Crippen LogP contribution in [0.5, 0.6) is 0 Å². The third kappa shape index (κ3) is 3.13. The van der Waals surface area contributed by atoms with Crippen molar-refractivity contribution in [2.75, 3.05) is 6.54 Å². The molecule has 1 atom stereocenters. The second kappa shape index (κ2) is 5.86. The summed E-state index contributed by atoms with van der Waals surface area (Å²) in [6.45, 7) is 7.97. The van der Waals surface area contributed by atoms with Gasteiger partial charge in [-0.05, 0) is 19.8 Å². The van der Waals surface area contributed by atoms with Crippen LogP contribution in [0.1, 0.15) is 37.4 Å². The van der Waals surface area contributed by atoms with Crippen LogP contribution in [0.3, 0.4) is 0 Å². The smallest absolute Gasteiger partial charge is 0.244 e. The zero-order chi connectivity index (χ0) is 13.9. The molecule has 0 spiro atoms. The molecule has 0 saturated carbocycles. The van der Waals surface area contributed by atoms with Crippen molar-refractivity contribution in [1.82, 2.24) is 4.72 Å². The number of nitrogens with one attached hydrogen (secondary N) is 1. The van der Waals surface area contributed by atoms with Gasteiger partial charge in [-0.25, -0.2) is 13.1 Å². The number of hydrogen-bond acceptors (Lipinski definition) is 4. The van der Waals surface area contributed by atoms with E-state index >= 15 is 0 Å². The fourth-order valence-corrected chi connectivity index (χ4v) is 3.39. The lowest BCUT2D eigenvalue weighted by molar-refractivity contribution is 0.492. The quantitative estimate of drug-likeness (QED) is 0.826. The first kappa shape index (κ1) is 15.2. The monoisotopic (exact) mass is 274 g/mol. The van der Waals surface area contributed by atoms with Gasteiger partial charge in [0.15, 0.2) is 0 Å². The summed E-state index contributed by atoms with van der Waals surface area (Å²) in [5.74, 6) is 1.26. The molecule has 0 aliphatic heterocycles. The molecule has 1 unspecified atom stereocenters. The van der Waals surface area contributed by atoms with Crippen molar-refractivity contribution in [1.29, 1.82) is 0 Å². The van der Waals surface area contributed by atoms with E-state index in [2.05, 4.69) is 4.72 Å². The predicted molar refractivity (Wildman–Crippen MR) is 70.7 cm³/mol. The second-order valence-electron chi connectivity index (χ2n) is 4.59. The number of furan rings is 1. The Bertz CT molecular complexity index is 506. The maximum atomic E-state index is 12.2. The minimum atomic E-state index is -3.54. The Morgan fingerprint density at radius 2 is 1.94 bits per heavy atom. The first-order chi connectivity index (χ1) is 8.33. The van der Waals surface area contributed by atoms with Crippen LogP contribution in [0.15, 0.2) is 9.31 Å². The largest absolute Gasteiger partial charge is 0.465 e. The fourth-order valence-electron chi connectivity index (χ4n) is 1.77. The van der Waals surface area contributed by atoms with Gasteiger partial charge < -0.3 is 10.2 Å². The zero-order valence-electron chi connectivity index (χ0n) is 11.4. The van der Waals surface area contributed by atoms with Crippen LogP contribution in [-0.2, 0) is 16.6 Å². The molecule has 0 aromatic carbocycles. The van der Waals surface area contributed by atoms with Gasteiger partial charge in [-0.3, -0.25) is 0 Å². The van der Waals surface area contributed by atoms with E-state index in [0.717, 1.165) is 6.42 Å². The van der Waals surface area contributed by atoms with E-state index in [1.165, 1.54) is 0 Å². The molecule has 0 aliphatic rings. The Kier molecular flexibility index (Phi) is 4.95. The summed E-state index contributed by atoms with van der Waals surface area (Å²) in [5, 5.41) is 0.